The largest absolute Gasteiger partial charge is 0.463 e. The van der Waals surface area contributed by atoms with Crippen LogP contribution in [0.25, 0.3) is 0 Å². The van der Waals surface area contributed by atoms with Gasteiger partial charge in [-0.15, -0.1) is 0 Å². The van der Waals surface area contributed by atoms with E-state index in [2.05, 4.69) is 11.3 Å². The van der Waals surface area contributed by atoms with Gasteiger partial charge in [-0.25, -0.2) is 14.4 Å². The van der Waals surface area contributed by atoms with E-state index in [0.29, 0.717) is 6.61 Å². The first-order valence-electron chi connectivity index (χ1n) is 5.65. The lowest BCUT2D eigenvalue weighted by Crippen LogP contribution is -2.14. The summed E-state index contributed by atoms with van der Waals surface area (Å²) >= 11 is 0. The molecule has 0 saturated heterocycles. The fraction of sp³-hybridized carbons (Fsp3) is 0.462. The first kappa shape index (κ1) is 16.1. The number of carbonyl (C=O) groups is 3. The summed E-state index contributed by atoms with van der Waals surface area (Å²) in [4.78, 5) is 33.7. The van der Waals surface area contributed by atoms with Crippen LogP contribution in [0.5, 0.6) is 0 Å². The average Bonchev–Trinajstić information content (AvgIpc) is 2.28. The maximum atomic E-state index is 11.4. The van der Waals surface area contributed by atoms with E-state index in [1.807, 2.05) is 6.92 Å². The van der Waals surface area contributed by atoms with E-state index in [-0.39, 0.29) is 11.1 Å². The van der Waals surface area contributed by atoms with E-state index in [4.69, 9.17) is 4.74 Å². The second kappa shape index (κ2) is 8.22. The normalized spacial score (nSPS) is 10.7. The minimum absolute atomic E-state index is 0.00565. The molecule has 0 rings (SSSR count). The Bertz CT molecular complexity index is 379. The Balaban J connectivity index is 4.31. The van der Waals surface area contributed by atoms with Gasteiger partial charge in [0.1, 0.15) is 0 Å². The van der Waals surface area contributed by atoms with Gasteiger partial charge in [0.15, 0.2) is 0 Å². The molecule has 0 radical (unpaired) electrons. The minimum atomic E-state index is -0.879. The fourth-order valence-corrected chi connectivity index (χ4v) is 0.846. The molecule has 0 aromatic rings. The smallest absolute Gasteiger partial charge is 0.341 e. The van der Waals surface area contributed by atoms with Crippen LogP contribution >= 0.6 is 0 Å². The number of hydrogen-bond acceptors (Lipinski definition) is 5. The van der Waals surface area contributed by atoms with Gasteiger partial charge in [-0.05, 0) is 20.3 Å². The second-order valence-electron chi connectivity index (χ2n) is 3.81. The van der Waals surface area contributed by atoms with Crippen LogP contribution in [-0.4, -0.2) is 24.5 Å². The molecule has 0 bridgehead atoms. The molecule has 18 heavy (non-hydrogen) atoms. The summed E-state index contributed by atoms with van der Waals surface area (Å²) in [6, 6.07) is 0. The number of hydrogen-bond donors (Lipinski definition) is 0. The van der Waals surface area contributed by atoms with Crippen molar-refractivity contribution in [3.8, 4) is 0 Å². The molecule has 0 aliphatic carbocycles. The van der Waals surface area contributed by atoms with Gasteiger partial charge >= 0.3 is 17.9 Å². The molecule has 0 heterocycles. The molecule has 0 aromatic heterocycles. The number of rotatable bonds is 6. The Kier molecular flexibility index (Phi) is 7.35. The van der Waals surface area contributed by atoms with Gasteiger partial charge in [0, 0.05) is 17.2 Å². The van der Waals surface area contributed by atoms with Gasteiger partial charge in [0.2, 0.25) is 0 Å². The molecule has 0 amide bonds. The van der Waals surface area contributed by atoms with Crippen molar-refractivity contribution in [3.63, 3.8) is 0 Å². The Labute approximate surface area is 106 Å². The van der Waals surface area contributed by atoms with Crippen molar-refractivity contribution >= 4 is 17.9 Å². The Morgan fingerprint density at radius 1 is 1.17 bits per heavy atom. The highest BCUT2D eigenvalue weighted by molar-refractivity contribution is 6.03. The standard InChI is InChI=1S/C13H18O5/c1-5-6-7-17-11(14)8-10(4)13(16)18-12(15)9(2)3/h8H,2,5-7H2,1,3-4H3. The molecule has 0 aliphatic heterocycles. The lowest BCUT2D eigenvalue weighted by molar-refractivity contribution is -0.154. The molecular formula is C13H18O5. The maximum absolute atomic E-state index is 11.4. The van der Waals surface area contributed by atoms with Crippen molar-refractivity contribution < 1.29 is 23.9 Å². The fourth-order valence-electron chi connectivity index (χ4n) is 0.846. The molecule has 0 unspecified atom stereocenters. The van der Waals surface area contributed by atoms with E-state index in [0.717, 1.165) is 18.9 Å². The predicted octanol–water partition coefficient (Wildman–Crippen LogP) is 1.92. The van der Waals surface area contributed by atoms with Crippen LogP contribution in [0.2, 0.25) is 0 Å². The Hall–Kier alpha value is -1.91. The first-order chi connectivity index (χ1) is 8.38. The van der Waals surface area contributed by atoms with Crippen molar-refractivity contribution in [2.24, 2.45) is 0 Å². The molecule has 0 spiro atoms. The zero-order valence-corrected chi connectivity index (χ0v) is 10.9. The minimum Gasteiger partial charge on any atom is -0.463 e. The summed E-state index contributed by atoms with van der Waals surface area (Å²) in [5, 5.41) is 0. The molecule has 100 valence electrons. The summed E-state index contributed by atoms with van der Waals surface area (Å²) in [5.74, 6) is -2.32. The molecule has 5 heteroatoms. The topological polar surface area (TPSA) is 69.7 Å². The Morgan fingerprint density at radius 3 is 2.28 bits per heavy atom. The third-order valence-electron chi connectivity index (χ3n) is 1.93. The molecular weight excluding hydrogens is 236 g/mol. The van der Waals surface area contributed by atoms with Crippen molar-refractivity contribution in [1.29, 1.82) is 0 Å². The summed E-state index contributed by atoms with van der Waals surface area (Å²) < 4.78 is 9.28. The first-order valence-corrected chi connectivity index (χ1v) is 5.65. The van der Waals surface area contributed by atoms with E-state index in [1.165, 1.54) is 13.8 Å². The van der Waals surface area contributed by atoms with Crippen molar-refractivity contribution in [1.82, 2.24) is 0 Å². The van der Waals surface area contributed by atoms with Crippen molar-refractivity contribution in [3.05, 3.63) is 23.8 Å². The predicted molar refractivity (Wildman–Crippen MR) is 65.5 cm³/mol. The molecule has 5 nitrogen and oxygen atoms in total. The molecule has 0 aromatic carbocycles. The highest BCUT2D eigenvalue weighted by atomic mass is 16.6. The summed E-state index contributed by atoms with van der Waals surface area (Å²) in [6.07, 6.45) is 2.67. The Morgan fingerprint density at radius 2 is 1.78 bits per heavy atom. The lowest BCUT2D eigenvalue weighted by Gasteiger charge is -2.03. The number of carbonyl (C=O) groups excluding carboxylic acids is 3. The van der Waals surface area contributed by atoms with Crippen LogP contribution < -0.4 is 0 Å². The van der Waals surface area contributed by atoms with E-state index in [1.54, 1.807) is 0 Å². The molecule has 0 saturated carbocycles. The zero-order valence-electron chi connectivity index (χ0n) is 10.9. The highest BCUT2D eigenvalue weighted by Crippen LogP contribution is 2.01. The van der Waals surface area contributed by atoms with Crippen LogP contribution in [0.4, 0.5) is 0 Å². The van der Waals surface area contributed by atoms with Crippen molar-refractivity contribution in [2.45, 2.75) is 33.6 Å². The highest BCUT2D eigenvalue weighted by Gasteiger charge is 2.14. The van der Waals surface area contributed by atoms with Gasteiger partial charge in [-0.1, -0.05) is 19.9 Å². The SMILES string of the molecule is C=C(C)C(=O)OC(=O)C(C)=CC(=O)OCCCC. The van der Waals surface area contributed by atoms with Crippen LogP contribution in [0.15, 0.2) is 23.8 Å². The van der Waals surface area contributed by atoms with E-state index in [9.17, 15) is 14.4 Å². The van der Waals surface area contributed by atoms with Gasteiger partial charge in [0.25, 0.3) is 0 Å². The summed E-state index contributed by atoms with van der Waals surface area (Å²) in [5.41, 5.74) is 0.118. The van der Waals surface area contributed by atoms with Crippen LogP contribution in [0.3, 0.4) is 0 Å². The third kappa shape index (κ3) is 6.62. The molecule has 0 fully saturated rings. The maximum Gasteiger partial charge on any atom is 0.341 e. The zero-order chi connectivity index (χ0) is 14.1. The van der Waals surface area contributed by atoms with Crippen molar-refractivity contribution in [2.75, 3.05) is 6.61 Å². The average molecular weight is 254 g/mol. The molecule has 0 atom stereocenters. The number of unbranched alkanes of at least 4 members (excludes halogenated alkanes) is 1. The van der Waals surface area contributed by atoms with E-state index < -0.39 is 17.9 Å². The third-order valence-corrected chi connectivity index (χ3v) is 1.93. The van der Waals surface area contributed by atoms with Crippen LogP contribution in [0.1, 0.15) is 33.6 Å². The number of ether oxygens (including phenoxy) is 2. The quantitative estimate of drug-likeness (QED) is 0.313. The molecule has 0 aliphatic rings. The van der Waals surface area contributed by atoms with E-state index >= 15 is 0 Å². The van der Waals surface area contributed by atoms with Crippen LogP contribution in [0, 0.1) is 0 Å². The summed E-state index contributed by atoms with van der Waals surface area (Å²) in [6.45, 7) is 8.41. The second-order valence-corrected chi connectivity index (χ2v) is 3.81. The molecule has 0 N–H and O–H groups in total. The lowest BCUT2D eigenvalue weighted by atomic mass is 10.3. The number of esters is 3. The van der Waals surface area contributed by atoms with Gasteiger partial charge in [-0.3, -0.25) is 0 Å². The summed E-state index contributed by atoms with van der Waals surface area (Å²) in [7, 11) is 0. The van der Waals surface area contributed by atoms with Crippen LogP contribution in [-0.2, 0) is 23.9 Å². The van der Waals surface area contributed by atoms with Gasteiger partial charge in [-0.2, -0.15) is 0 Å². The van der Waals surface area contributed by atoms with Gasteiger partial charge < -0.3 is 9.47 Å². The van der Waals surface area contributed by atoms with Gasteiger partial charge in [0.05, 0.1) is 6.61 Å². The monoisotopic (exact) mass is 254 g/mol.